The zero-order chi connectivity index (χ0) is 14.5. The summed E-state index contributed by atoms with van der Waals surface area (Å²) in [6.45, 7) is 9.11. The van der Waals surface area contributed by atoms with Crippen molar-refractivity contribution in [2.45, 2.75) is 77.5 Å². The normalized spacial score (nSPS) is 20.3. The Morgan fingerprint density at radius 1 is 1.37 bits per heavy atom. The number of hydrogen-bond donors (Lipinski definition) is 2. The minimum absolute atomic E-state index is 0.240. The van der Waals surface area contributed by atoms with Crippen molar-refractivity contribution in [1.82, 2.24) is 5.32 Å². The van der Waals surface area contributed by atoms with Crippen LogP contribution < -0.4 is 11.1 Å². The maximum Gasteiger partial charge on any atom is 0.237 e. The second-order valence-electron chi connectivity index (χ2n) is 6.39. The van der Waals surface area contributed by atoms with E-state index in [2.05, 4.69) is 26.1 Å². The van der Waals surface area contributed by atoms with E-state index in [1.165, 1.54) is 0 Å². The number of rotatable bonds is 10. The molecule has 1 saturated carbocycles. The summed E-state index contributed by atoms with van der Waals surface area (Å²) in [7, 11) is 0. The average molecular weight is 270 g/mol. The topological polar surface area (TPSA) is 64.3 Å². The van der Waals surface area contributed by atoms with Crippen molar-refractivity contribution in [3.05, 3.63) is 0 Å². The second kappa shape index (κ2) is 7.25. The van der Waals surface area contributed by atoms with Crippen molar-refractivity contribution in [3.8, 4) is 0 Å². The molecule has 0 radical (unpaired) electrons. The van der Waals surface area contributed by atoms with Gasteiger partial charge in [-0.25, -0.2) is 0 Å². The zero-order valence-corrected chi connectivity index (χ0v) is 12.9. The summed E-state index contributed by atoms with van der Waals surface area (Å²) in [5.74, 6) is 0.309. The van der Waals surface area contributed by atoms with Gasteiger partial charge in [0.1, 0.15) is 0 Å². The minimum Gasteiger partial charge on any atom is -0.378 e. The summed E-state index contributed by atoms with van der Waals surface area (Å²) >= 11 is 0. The van der Waals surface area contributed by atoms with Gasteiger partial charge in [-0.15, -0.1) is 0 Å². The van der Waals surface area contributed by atoms with Gasteiger partial charge in [0.25, 0.3) is 0 Å². The number of nitrogens with one attached hydrogen (secondary N) is 1. The Bertz CT molecular complexity index is 290. The number of primary amides is 1. The summed E-state index contributed by atoms with van der Waals surface area (Å²) in [4.78, 5) is 11.6. The lowest BCUT2D eigenvalue weighted by Gasteiger charge is -2.27. The summed E-state index contributed by atoms with van der Waals surface area (Å²) in [5, 5.41) is 3.37. The van der Waals surface area contributed by atoms with E-state index in [4.69, 9.17) is 10.5 Å². The third-order valence-corrected chi connectivity index (χ3v) is 4.03. The van der Waals surface area contributed by atoms with Gasteiger partial charge in [0, 0.05) is 12.6 Å². The molecule has 2 unspecified atom stereocenters. The first-order chi connectivity index (χ1) is 8.85. The van der Waals surface area contributed by atoms with E-state index in [-0.39, 0.29) is 5.91 Å². The van der Waals surface area contributed by atoms with E-state index in [1.807, 2.05) is 6.92 Å². The molecule has 4 nitrogen and oxygen atoms in total. The van der Waals surface area contributed by atoms with Gasteiger partial charge in [0.05, 0.1) is 11.6 Å². The first-order valence-electron chi connectivity index (χ1n) is 7.54. The van der Waals surface area contributed by atoms with Crippen molar-refractivity contribution in [2.75, 3.05) is 6.61 Å². The number of hydrogen-bond acceptors (Lipinski definition) is 3. The van der Waals surface area contributed by atoms with Crippen molar-refractivity contribution >= 4 is 5.91 Å². The van der Waals surface area contributed by atoms with E-state index in [0.717, 1.165) is 38.7 Å². The standard InChI is InChI=1S/C15H30N2O2/c1-11(2)12(3)19-10-6-5-9-15(4,14(16)18)17-13-7-8-13/h11-13,17H,5-10H2,1-4H3,(H2,16,18). The van der Waals surface area contributed by atoms with Gasteiger partial charge in [-0.3, -0.25) is 4.79 Å². The van der Waals surface area contributed by atoms with Crippen molar-refractivity contribution in [1.29, 1.82) is 0 Å². The van der Waals surface area contributed by atoms with Gasteiger partial charge in [0.15, 0.2) is 0 Å². The summed E-state index contributed by atoms with van der Waals surface area (Å²) in [6, 6.07) is 0.495. The fourth-order valence-corrected chi connectivity index (χ4v) is 1.99. The molecule has 1 fully saturated rings. The molecule has 0 aromatic carbocycles. The molecule has 1 rings (SSSR count). The third kappa shape index (κ3) is 5.91. The lowest BCUT2D eigenvalue weighted by Crippen LogP contribution is -2.53. The Balaban J connectivity index is 2.19. The van der Waals surface area contributed by atoms with Crippen LogP contribution in [-0.4, -0.2) is 30.2 Å². The number of carbonyl (C=O) groups excluding carboxylic acids is 1. The highest BCUT2D eigenvalue weighted by Gasteiger charge is 2.36. The molecule has 1 aliphatic carbocycles. The molecule has 112 valence electrons. The van der Waals surface area contributed by atoms with Crippen molar-refractivity contribution in [2.24, 2.45) is 11.7 Å². The Morgan fingerprint density at radius 3 is 2.47 bits per heavy atom. The Labute approximate surface area is 117 Å². The molecule has 0 aromatic heterocycles. The van der Waals surface area contributed by atoms with Crippen LogP contribution in [-0.2, 0) is 9.53 Å². The molecule has 0 saturated heterocycles. The zero-order valence-electron chi connectivity index (χ0n) is 12.9. The van der Waals surface area contributed by atoms with Crippen LogP contribution in [0.2, 0.25) is 0 Å². The number of amides is 1. The van der Waals surface area contributed by atoms with Crippen LogP contribution in [0.25, 0.3) is 0 Å². The summed E-state index contributed by atoms with van der Waals surface area (Å²) in [5.41, 5.74) is 4.97. The first-order valence-corrected chi connectivity index (χ1v) is 7.54. The molecule has 0 aromatic rings. The molecule has 0 bridgehead atoms. The molecule has 1 amide bonds. The van der Waals surface area contributed by atoms with Crippen LogP contribution in [0.4, 0.5) is 0 Å². The fraction of sp³-hybridized carbons (Fsp3) is 0.933. The van der Waals surface area contributed by atoms with Crippen LogP contribution in [0.15, 0.2) is 0 Å². The largest absolute Gasteiger partial charge is 0.378 e. The highest BCUT2D eigenvalue weighted by atomic mass is 16.5. The van der Waals surface area contributed by atoms with E-state index in [0.29, 0.717) is 18.1 Å². The maximum absolute atomic E-state index is 11.6. The van der Waals surface area contributed by atoms with Crippen LogP contribution >= 0.6 is 0 Å². The Kier molecular flexibility index (Phi) is 6.27. The highest BCUT2D eigenvalue weighted by molar-refractivity contribution is 5.84. The smallest absolute Gasteiger partial charge is 0.237 e. The quantitative estimate of drug-likeness (QED) is 0.598. The minimum atomic E-state index is -0.551. The molecule has 0 aliphatic heterocycles. The third-order valence-electron chi connectivity index (χ3n) is 4.03. The molecule has 3 N–H and O–H groups in total. The number of ether oxygens (including phenoxy) is 1. The highest BCUT2D eigenvalue weighted by Crippen LogP contribution is 2.25. The van der Waals surface area contributed by atoms with E-state index in [1.54, 1.807) is 0 Å². The molecule has 4 heteroatoms. The lowest BCUT2D eigenvalue weighted by molar-refractivity contribution is -0.124. The predicted molar refractivity (Wildman–Crippen MR) is 77.9 cm³/mol. The predicted octanol–water partition coefficient (Wildman–Crippen LogP) is 2.21. The molecular formula is C15H30N2O2. The molecule has 0 heterocycles. The van der Waals surface area contributed by atoms with E-state index >= 15 is 0 Å². The maximum atomic E-state index is 11.6. The molecule has 0 spiro atoms. The van der Waals surface area contributed by atoms with Gasteiger partial charge in [-0.1, -0.05) is 13.8 Å². The first kappa shape index (κ1) is 16.4. The average Bonchev–Trinajstić information content (AvgIpc) is 3.11. The van der Waals surface area contributed by atoms with Gasteiger partial charge in [-0.2, -0.15) is 0 Å². The van der Waals surface area contributed by atoms with Gasteiger partial charge >= 0.3 is 0 Å². The molecular weight excluding hydrogens is 240 g/mol. The van der Waals surface area contributed by atoms with Gasteiger partial charge in [0.2, 0.25) is 5.91 Å². The van der Waals surface area contributed by atoms with Gasteiger partial charge < -0.3 is 15.8 Å². The van der Waals surface area contributed by atoms with Crippen LogP contribution in [0.3, 0.4) is 0 Å². The SMILES string of the molecule is CC(C)C(C)OCCCCC(C)(NC1CC1)C(N)=O. The number of unbranched alkanes of at least 4 members (excludes halogenated alkanes) is 1. The summed E-state index contributed by atoms with van der Waals surface area (Å²) in [6.07, 6.45) is 5.36. The van der Waals surface area contributed by atoms with Crippen LogP contribution in [0.1, 0.15) is 59.8 Å². The van der Waals surface area contributed by atoms with Crippen molar-refractivity contribution < 1.29 is 9.53 Å². The molecule has 2 atom stereocenters. The summed E-state index contributed by atoms with van der Waals surface area (Å²) < 4.78 is 5.74. The Hall–Kier alpha value is -0.610. The number of nitrogens with two attached hydrogens (primary N) is 1. The van der Waals surface area contributed by atoms with Gasteiger partial charge in [-0.05, 0) is 51.9 Å². The van der Waals surface area contributed by atoms with Crippen molar-refractivity contribution in [3.63, 3.8) is 0 Å². The molecule has 19 heavy (non-hydrogen) atoms. The van der Waals surface area contributed by atoms with Crippen LogP contribution in [0, 0.1) is 5.92 Å². The van der Waals surface area contributed by atoms with E-state index in [9.17, 15) is 4.79 Å². The van der Waals surface area contributed by atoms with E-state index < -0.39 is 5.54 Å². The van der Waals surface area contributed by atoms with Crippen LogP contribution in [0.5, 0.6) is 0 Å². The lowest BCUT2D eigenvalue weighted by atomic mass is 9.94. The number of carbonyl (C=O) groups is 1. The fourth-order valence-electron chi connectivity index (χ4n) is 1.99. The second-order valence-corrected chi connectivity index (χ2v) is 6.39. The molecule has 1 aliphatic rings. The Morgan fingerprint density at radius 2 is 2.00 bits per heavy atom. The monoisotopic (exact) mass is 270 g/mol.